The number of imidazole rings is 1. The lowest BCUT2D eigenvalue weighted by Gasteiger charge is -2.07. The molecule has 5 nitrogen and oxygen atoms in total. The highest BCUT2D eigenvalue weighted by molar-refractivity contribution is 5.19. The zero-order valence-electron chi connectivity index (χ0n) is 7.18. The van der Waals surface area contributed by atoms with Gasteiger partial charge in [0.25, 0.3) is 0 Å². The molecule has 2 aromatic rings. The second-order valence-electron chi connectivity index (χ2n) is 2.86. The van der Waals surface area contributed by atoms with Gasteiger partial charge in [-0.3, -0.25) is 5.10 Å². The van der Waals surface area contributed by atoms with Crippen molar-refractivity contribution in [1.82, 2.24) is 19.7 Å². The van der Waals surface area contributed by atoms with Gasteiger partial charge < -0.3 is 9.67 Å². The van der Waals surface area contributed by atoms with Crippen LogP contribution in [0.25, 0.3) is 0 Å². The summed E-state index contributed by atoms with van der Waals surface area (Å²) in [5, 5.41) is 16.3. The van der Waals surface area contributed by atoms with Crippen molar-refractivity contribution < 1.29 is 5.11 Å². The molecule has 0 aliphatic carbocycles. The van der Waals surface area contributed by atoms with Crippen LogP contribution in [0.5, 0.6) is 0 Å². The Hall–Kier alpha value is -1.62. The number of aromatic nitrogens is 4. The van der Waals surface area contributed by atoms with E-state index in [-0.39, 0.29) is 0 Å². The van der Waals surface area contributed by atoms with Crippen molar-refractivity contribution in [2.45, 2.75) is 6.10 Å². The quantitative estimate of drug-likeness (QED) is 0.691. The average Bonchev–Trinajstić information content (AvgIpc) is 2.72. The standard InChI is InChI=1S/C8H10N4O/c1-12-5-9-4-7(12)8(13)6-2-10-11-3-6/h2-5,8,13H,1H3,(H,10,11). The van der Waals surface area contributed by atoms with Gasteiger partial charge in [0.05, 0.1) is 24.4 Å². The predicted octanol–water partition coefficient (Wildman–Crippen LogP) is 0.225. The molecule has 0 saturated heterocycles. The first kappa shape index (κ1) is 8.00. The number of rotatable bonds is 2. The van der Waals surface area contributed by atoms with Crippen LogP contribution >= 0.6 is 0 Å². The molecule has 2 N–H and O–H groups in total. The molecule has 2 aromatic heterocycles. The fourth-order valence-corrected chi connectivity index (χ4v) is 1.21. The van der Waals surface area contributed by atoms with E-state index < -0.39 is 6.10 Å². The first-order valence-corrected chi connectivity index (χ1v) is 3.92. The van der Waals surface area contributed by atoms with E-state index >= 15 is 0 Å². The summed E-state index contributed by atoms with van der Waals surface area (Å²) in [5.74, 6) is 0. The SMILES string of the molecule is Cn1cncc1C(O)c1cn[nH]c1. The molecule has 5 heteroatoms. The number of H-pyrrole nitrogens is 1. The van der Waals surface area contributed by atoms with Gasteiger partial charge in [-0.25, -0.2) is 4.98 Å². The maximum absolute atomic E-state index is 9.83. The molecule has 1 unspecified atom stereocenters. The van der Waals surface area contributed by atoms with Gasteiger partial charge in [0.15, 0.2) is 0 Å². The molecular formula is C8H10N4O. The van der Waals surface area contributed by atoms with Crippen LogP contribution in [0.3, 0.4) is 0 Å². The fourth-order valence-electron chi connectivity index (χ4n) is 1.21. The third kappa shape index (κ3) is 1.33. The summed E-state index contributed by atoms with van der Waals surface area (Å²) in [6.45, 7) is 0. The van der Waals surface area contributed by atoms with E-state index in [0.717, 1.165) is 11.3 Å². The lowest BCUT2D eigenvalue weighted by atomic mass is 10.1. The van der Waals surface area contributed by atoms with E-state index in [9.17, 15) is 5.11 Å². The van der Waals surface area contributed by atoms with Gasteiger partial charge in [-0.05, 0) is 0 Å². The van der Waals surface area contributed by atoms with Gasteiger partial charge in [-0.2, -0.15) is 5.10 Å². The summed E-state index contributed by atoms with van der Waals surface area (Å²) in [7, 11) is 1.84. The summed E-state index contributed by atoms with van der Waals surface area (Å²) in [6, 6.07) is 0. The highest BCUT2D eigenvalue weighted by atomic mass is 16.3. The van der Waals surface area contributed by atoms with Crippen LogP contribution < -0.4 is 0 Å². The maximum atomic E-state index is 9.83. The second kappa shape index (κ2) is 3.02. The molecule has 0 radical (unpaired) electrons. The van der Waals surface area contributed by atoms with Crippen molar-refractivity contribution in [2.24, 2.45) is 7.05 Å². The largest absolute Gasteiger partial charge is 0.382 e. The Bertz CT molecular complexity index is 379. The fraction of sp³-hybridized carbons (Fsp3) is 0.250. The Labute approximate surface area is 75.0 Å². The molecule has 0 aliphatic rings. The van der Waals surface area contributed by atoms with Crippen LogP contribution in [0.15, 0.2) is 24.9 Å². The number of aromatic amines is 1. The van der Waals surface area contributed by atoms with Crippen molar-refractivity contribution in [3.8, 4) is 0 Å². The molecule has 0 aromatic carbocycles. The minimum absolute atomic E-state index is 0.661. The highest BCUT2D eigenvalue weighted by Gasteiger charge is 2.13. The van der Waals surface area contributed by atoms with Crippen LogP contribution in [0.1, 0.15) is 17.4 Å². The second-order valence-corrected chi connectivity index (χ2v) is 2.86. The molecule has 0 aliphatic heterocycles. The molecule has 68 valence electrons. The van der Waals surface area contributed by atoms with E-state index in [1.807, 2.05) is 7.05 Å². The van der Waals surface area contributed by atoms with Gasteiger partial charge in [-0.15, -0.1) is 0 Å². The number of aliphatic hydroxyl groups excluding tert-OH is 1. The Kier molecular flexibility index (Phi) is 1.86. The van der Waals surface area contributed by atoms with Crippen molar-refractivity contribution in [2.75, 3.05) is 0 Å². The minimum atomic E-state index is -0.661. The minimum Gasteiger partial charge on any atom is -0.382 e. The van der Waals surface area contributed by atoms with Gasteiger partial charge in [0, 0.05) is 18.8 Å². The van der Waals surface area contributed by atoms with Gasteiger partial charge in [-0.1, -0.05) is 0 Å². The first-order valence-electron chi connectivity index (χ1n) is 3.92. The third-order valence-electron chi connectivity index (χ3n) is 1.97. The normalized spacial score (nSPS) is 13.1. The van der Waals surface area contributed by atoms with Gasteiger partial charge >= 0.3 is 0 Å². The zero-order chi connectivity index (χ0) is 9.26. The Balaban J connectivity index is 2.33. The third-order valence-corrected chi connectivity index (χ3v) is 1.97. The number of hydrogen-bond donors (Lipinski definition) is 2. The van der Waals surface area contributed by atoms with Crippen LogP contribution in [0.4, 0.5) is 0 Å². The van der Waals surface area contributed by atoms with E-state index in [1.165, 1.54) is 0 Å². The first-order chi connectivity index (χ1) is 6.29. The Morgan fingerprint density at radius 2 is 2.38 bits per heavy atom. The zero-order valence-corrected chi connectivity index (χ0v) is 7.18. The molecule has 0 bridgehead atoms. The molecule has 0 spiro atoms. The molecule has 2 heterocycles. The maximum Gasteiger partial charge on any atom is 0.124 e. The van der Waals surface area contributed by atoms with Crippen LogP contribution in [-0.2, 0) is 7.05 Å². The lowest BCUT2D eigenvalue weighted by Crippen LogP contribution is -2.03. The van der Waals surface area contributed by atoms with Crippen molar-refractivity contribution in [1.29, 1.82) is 0 Å². The summed E-state index contributed by atoms with van der Waals surface area (Å²) < 4.78 is 1.78. The molecule has 2 rings (SSSR count). The molecular weight excluding hydrogens is 168 g/mol. The van der Waals surface area contributed by atoms with Crippen LogP contribution in [0, 0.1) is 0 Å². The Morgan fingerprint density at radius 3 is 2.92 bits per heavy atom. The molecule has 1 atom stereocenters. The number of nitrogens with one attached hydrogen (secondary N) is 1. The monoisotopic (exact) mass is 178 g/mol. The Morgan fingerprint density at radius 1 is 1.54 bits per heavy atom. The van der Waals surface area contributed by atoms with Gasteiger partial charge in [0.2, 0.25) is 0 Å². The lowest BCUT2D eigenvalue weighted by molar-refractivity contribution is 0.211. The number of hydrogen-bond acceptors (Lipinski definition) is 3. The smallest absolute Gasteiger partial charge is 0.124 e. The summed E-state index contributed by atoms with van der Waals surface area (Å²) in [6.07, 6.45) is 5.89. The van der Waals surface area contributed by atoms with E-state index in [1.54, 1.807) is 29.5 Å². The molecule has 0 fully saturated rings. The van der Waals surface area contributed by atoms with Crippen molar-refractivity contribution in [3.05, 3.63) is 36.2 Å². The summed E-state index contributed by atoms with van der Waals surface area (Å²) in [4.78, 5) is 3.93. The topological polar surface area (TPSA) is 66.7 Å². The van der Waals surface area contributed by atoms with Crippen LogP contribution in [0.2, 0.25) is 0 Å². The predicted molar refractivity (Wildman–Crippen MR) is 45.9 cm³/mol. The van der Waals surface area contributed by atoms with E-state index in [2.05, 4.69) is 15.2 Å². The summed E-state index contributed by atoms with van der Waals surface area (Å²) >= 11 is 0. The summed E-state index contributed by atoms with van der Waals surface area (Å²) in [5.41, 5.74) is 1.49. The highest BCUT2D eigenvalue weighted by Crippen LogP contribution is 2.18. The number of aliphatic hydroxyl groups is 1. The van der Waals surface area contributed by atoms with E-state index in [4.69, 9.17) is 0 Å². The molecule has 13 heavy (non-hydrogen) atoms. The average molecular weight is 178 g/mol. The molecule has 0 amide bonds. The van der Waals surface area contributed by atoms with Crippen molar-refractivity contribution >= 4 is 0 Å². The van der Waals surface area contributed by atoms with Crippen LogP contribution in [-0.4, -0.2) is 24.9 Å². The molecule has 0 saturated carbocycles. The number of nitrogens with zero attached hydrogens (tertiary/aromatic N) is 3. The van der Waals surface area contributed by atoms with Crippen molar-refractivity contribution in [3.63, 3.8) is 0 Å². The van der Waals surface area contributed by atoms with Gasteiger partial charge in [0.1, 0.15) is 6.10 Å². The van der Waals surface area contributed by atoms with E-state index in [0.29, 0.717) is 0 Å². The number of aryl methyl sites for hydroxylation is 1.